The molecule has 1 unspecified atom stereocenters. The number of rotatable bonds is 5. The van der Waals surface area contributed by atoms with Crippen molar-refractivity contribution in [1.82, 2.24) is 5.32 Å². The van der Waals surface area contributed by atoms with Gasteiger partial charge in [0, 0.05) is 6.07 Å². The summed E-state index contributed by atoms with van der Waals surface area (Å²) in [7, 11) is -3.99. The first-order valence-corrected chi connectivity index (χ1v) is 7.41. The lowest BCUT2D eigenvalue weighted by atomic mass is 10.2. The molecule has 1 amide bonds. The van der Waals surface area contributed by atoms with Gasteiger partial charge in [-0.25, -0.2) is 18.4 Å². The molecule has 4 N–H and O–H groups in total. The van der Waals surface area contributed by atoms with Gasteiger partial charge in [-0.3, -0.25) is 4.79 Å². The third-order valence-corrected chi connectivity index (χ3v) is 4.07. The van der Waals surface area contributed by atoms with Crippen LogP contribution >= 0.6 is 0 Å². The smallest absolute Gasteiger partial charge is 0.326 e. The van der Waals surface area contributed by atoms with Gasteiger partial charge in [0.15, 0.2) is 5.76 Å². The number of furan rings is 1. The van der Waals surface area contributed by atoms with Crippen LogP contribution in [0.2, 0.25) is 0 Å². The van der Waals surface area contributed by atoms with Crippen LogP contribution < -0.4 is 10.5 Å². The van der Waals surface area contributed by atoms with E-state index in [9.17, 15) is 18.0 Å². The molecule has 0 bridgehead atoms. The molecule has 1 aliphatic carbocycles. The molecule has 1 heterocycles. The Kier molecular flexibility index (Phi) is 3.57. The van der Waals surface area contributed by atoms with E-state index in [0.717, 1.165) is 18.9 Å². The van der Waals surface area contributed by atoms with Crippen molar-refractivity contribution < 1.29 is 27.5 Å². The number of primary sulfonamides is 1. The fraction of sp³-hybridized carbons (Fsp3) is 0.455. The molecule has 1 atom stereocenters. The Bertz CT molecular complexity index is 658. The molecule has 0 aromatic carbocycles. The number of carbonyl (C=O) groups excluding carboxylic acids is 1. The highest BCUT2D eigenvalue weighted by molar-refractivity contribution is 7.89. The van der Waals surface area contributed by atoms with Gasteiger partial charge in [0.1, 0.15) is 16.7 Å². The molecule has 110 valence electrons. The van der Waals surface area contributed by atoms with Crippen molar-refractivity contribution in [2.75, 3.05) is 0 Å². The summed E-state index contributed by atoms with van der Waals surface area (Å²) in [5, 5.41) is 16.3. The Morgan fingerprint density at radius 2 is 2.10 bits per heavy atom. The van der Waals surface area contributed by atoms with Crippen molar-refractivity contribution in [2.24, 2.45) is 11.1 Å². The first kappa shape index (κ1) is 14.5. The number of hydrogen-bond donors (Lipinski definition) is 3. The summed E-state index contributed by atoms with van der Waals surface area (Å²) < 4.78 is 27.5. The third-order valence-electron chi connectivity index (χ3n) is 3.05. The largest absolute Gasteiger partial charge is 0.480 e. The van der Waals surface area contributed by atoms with Crippen LogP contribution in [0.1, 0.15) is 29.2 Å². The molecule has 1 fully saturated rings. The third kappa shape index (κ3) is 2.99. The summed E-state index contributed by atoms with van der Waals surface area (Å²) in [5.74, 6) is -2.29. The van der Waals surface area contributed by atoms with Crippen LogP contribution in [0.25, 0.3) is 0 Å². The molecular weight excluding hydrogens is 288 g/mol. The molecule has 8 nitrogen and oxygen atoms in total. The molecule has 2 rings (SSSR count). The van der Waals surface area contributed by atoms with Crippen molar-refractivity contribution in [1.29, 1.82) is 0 Å². The van der Waals surface area contributed by atoms with E-state index in [1.807, 2.05) is 0 Å². The number of nitrogens with two attached hydrogens (primary N) is 1. The molecule has 1 saturated carbocycles. The van der Waals surface area contributed by atoms with E-state index >= 15 is 0 Å². The van der Waals surface area contributed by atoms with Gasteiger partial charge in [-0.2, -0.15) is 0 Å². The van der Waals surface area contributed by atoms with Gasteiger partial charge in [0.2, 0.25) is 10.0 Å². The lowest BCUT2D eigenvalue weighted by molar-refractivity contribution is -0.139. The van der Waals surface area contributed by atoms with E-state index in [1.165, 1.54) is 6.92 Å². The fourth-order valence-electron chi connectivity index (χ4n) is 1.88. The van der Waals surface area contributed by atoms with E-state index in [-0.39, 0.29) is 22.3 Å². The Hall–Kier alpha value is -1.87. The summed E-state index contributed by atoms with van der Waals surface area (Å²) in [6.07, 6.45) is 1.47. The quantitative estimate of drug-likeness (QED) is 0.689. The number of aliphatic carboxylic acids is 1. The highest BCUT2D eigenvalue weighted by Crippen LogP contribution is 2.33. The number of aryl methyl sites for hydroxylation is 1. The SMILES string of the molecule is Cc1oc(C(=O)NC(C(=O)O)C2CC2)cc1S(N)(=O)=O. The lowest BCUT2D eigenvalue weighted by Gasteiger charge is -2.11. The average Bonchev–Trinajstić information content (AvgIpc) is 3.06. The van der Waals surface area contributed by atoms with Crippen LogP contribution in [0.15, 0.2) is 15.4 Å². The molecule has 1 aliphatic rings. The molecule has 0 spiro atoms. The lowest BCUT2D eigenvalue weighted by Crippen LogP contribution is -2.42. The van der Waals surface area contributed by atoms with Crippen LogP contribution in [-0.2, 0) is 14.8 Å². The normalized spacial score (nSPS) is 16.7. The van der Waals surface area contributed by atoms with Gasteiger partial charge in [-0.1, -0.05) is 0 Å². The highest BCUT2D eigenvalue weighted by Gasteiger charge is 2.38. The molecule has 0 radical (unpaired) electrons. The minimum absolute atomic E-state index is 0.0176. The maximum absolute atomic E-state index is 11.9. The monoisotopic (exact) mass is 302 g/mol. The fourth-order valence-corrected chi connectivity index (χ4v) is 2.60. The Balaban J connectivity index is 2.19. The first-order valence-electron chi connectivity index (χ1n) is 5.87. The van der Waals surface area contributed by atoms with Crippen LogP contribution in [0.3, 0.4) is 0 Å². The van der Waals surface area contributed by atoms with Crippen LogP contribution in [0.4, 0.5) is 0 Å². The van der Waals surface area contributed by atoms with E-state index in [4.69, 9.17) is 14.7 Å². The topological polar surface area (TPSA) is 140 Å². The van der Waals surface area contributed by atoms with Crippen LogP contribution in [0, 0.1) is 12.8 Å². The summed E-state index contributed by atoms with van der Waals surface area (Å²) in [5.41, 5.74) is 0. The molecule has 0 aliphatic heterocycles. The summed E-state index contributed by atoms with van der Waals surface area (Å²) in [6.45, 7) is 1.35. The molecule has 1 aromatic rings. The standard InChI is InChI=1S/C11H14N2O6S/c1-5-8(20(12,17)18)4-7(19-5)10(14)13-9(11(15)16)6-2-3-6/h4,6,9H,2-3H2,1H3,(H,13,14)(H,15,16)(H2,12,17,18). The summed E-state index contributed by atoms with van der Waals surface area (Å²) >= 11 is 0. The zero-order valence-electron chi connectivity index (χ0n) is 10.6. The predicted octanol–water partition coefficient (Wildman–Crippen LogP) is -0.172. The van der Waals surface area contributed by atoms with Gasteiger partial charge in [0.05, 0.1) is 0 Å². The van der Waals surface area contributed by atoms with Gasteiger partial charge >= 0.3 is 5.97 Å². The van der Waals surface area contributed by atoms with Crippen molar-refractivity contribution in [3.05, 3.63) is 17.6 Å². The molecule has 0 saturated heterocycles. The number of carboxylic acid groups (broad SMARTS) is 1. The second kappa shape index (κ2) is 4.91. The predicted molar refractivity (Wildman–Crippen MR) is 66.4 cm³/mol. The number of nitrogens with one attached hydrogen (secondary N) is 1. The van der Waals surface area contributed by atoms with Crippen molar-refractivity contribution in [3.8, 4) is 0 Å². The maximum Gasteiger partial charge on any atom is 0.326 e. The number of hydrogen-bond acceptors (Lipinski definition) is 5. The Morgan fingerprint density at radius 1 is 1.50 bits per heavy atom. The zero-order chi connectivity index (χ0) is 15.1. The van der Waals surface area contributed by atoms with Crippen molar-refractivity contribution >= 4 is 21.9 Å². The second-order valence-electron chi connectivity index (χ2n) is 4.70. The van der Waals surface area contributed by atoms with Gasteiger partial charge in [-0.15, -0.1) is 0 Å². The van der Waals surface area contributed by atoms with E-state index in [0.29, 0.717) is 0 Å². The minimum atomic E-state index is -3.99. The molecular formula is C11H14N2O6S. The average molecular weight is 302 g/mol. The van der Waals surface area contributed by atoms with Crippen molar-refractivity contribution in [3.63, 3.8) is 0 Å². The number of carbonyl (C=O) groups is 2. The zero-order valence-corrected chi connectivity index (χ0v) is 11.4. The van der Waals surface area contributed by atoms with E-state index < -0.39 is 27.9 Å². The summed E-state index contributed by atoms with van der Waals surface area (Å²) in [6, 6.07) is -0.00272. The van der Waals surface area contributed by atoms with E-state index in [2.05, 4.69) is 5.32 Å². The van der Waals surface area contributed by atoms with Gasteiger partial charge in [0.25, 0.3) is 5.91 Å². The molecule has 1 aromatic heterocycles. The Morgan fingerprint density at radius 3 is 2.50 bits per heavy atom. The number of amides is 1. The minimum Gasteiger partial charge on any atom is -0.480 e. The Labute approximate surface area is 115 Å². The summed E-state index contributed by atoms with van der Waals surface area (Å²) in [4.78, 5) is 22.6. The maximum atomic E-state index is 11.9. The van der Waals surface area contributed by atoms with E-state index in [1.54, 1.807) is 0 Å². The van der Waals surface area contributed by atoms with Crippen LogP contribution in [0.5, 0.6) is 0 Å². The van der Waals surface area contributed by atoms with Gasteiger partial charge in [-0.05, 0) is 25.7 Å². The molecule has 9 heteroatoms. The van der Waals surface area contributed by atoms with Gasteiger partial charge < -0.3 is 14.8 Å². The highest BCUT2D eigenvalue weighted by atomic mass is 32.2. The number of sulfonamides is 1. The number of carboxylic acids is 1. The molecule has 20 heavy (non-hydrogen) atoms. The van der Waals surface area contributed by atoms with Crippen LogP contribution in [-0.4, -0.2) is 31.4 Å². The van der Waals surface area contributed by atoms with Crippen molar-refractivity contribution in [2.45, 2.75) is 30.7 Å². The first-order chi connectivity index (χ1) is 9.20. The second-order valence-corrected chi connectivity index (χ2v) is 6.23.